The van der Waals surface area contributed by atoms with Crippen molar-refractivity contribution in [1.82, 2.24) is 4.98 Å². The standard InChI is InChI=1S/C16H21N3S/c1-20-12-6-4-11(5-7-12)19-15-9-8-14(17)16-13(15)3-2-10-18-16/h2-3,8-12,19H,4-7,17H2,1H3. The van der Waals surface area contributed by atoms with E-state index in [2.05, 4.69) is 28.7 Å². The molecule has 0 spiro atoms. The zero-order chi connectivity index (χ0) is 13.9. The maximum absolute atomic E-state index is 6.00. The van der Waals surface area contributed by atoms with E-state index in [0.717, 1.165) is 27.5 Å². The Balaban J connectivity index is 1.80. The van der Waals surface area contributed by atoms with Gasteiger partial charge in [-0.15, -0.1) is 0 Å². The molecule has 1 heterocycles. The van der Waals surface area contributed by atoms with Crippen LogP contribution >= 0.6 is 11.8 Å². The van der Waals surface area contributed by atoms with Gasteiger partial charge in [0.15, 0.2) is 0 Å². The first-order valence-corrected chi connectivity index (χ1v) is 8.49. The molecular formula is C16H21N3S. The number of benzene rings is 1. The largest absolute Gasteiger partial charge is 0.397 e. The van der Waals surface area contributed by atoms with Gasteiger partial charge in [-0.2, -0.15) is 11.8 Å². The first-order valence-electron chi connectivity index (χ1n) is 7.20. The van der Waals surface area contributed by atoms with Gasteiger partial charge in [0.1, 0.15) is 0 Å². The fourth-order valence-electron chi connectivity index (χ4n) is 2.98. The van der Waals surface area contributed by atoms with Crippen molar-refractivity contribution in [2.45, 2.75) is 37.0 Å². The van der Waals surface area contributed by atoms with Crippen LogP contribution in [-0.4, -0.2) is 22.5 Å². The van der Waals surface area contributed by atoms with Crippen molar-refractivity contribution in [2.75, 3.05) is 17.3 Å². The lowest BCUT2D eigenvalue weighted by Gasteiger charge is -2.29. The summed E-state index contributed by atoms with van der Waals surface area (Å²) < 4.78 is 0. The summed E-state index contributed by atoms with van der Waals surface area (Å²) in [4.78, 5) is 4.39. The SMILES string of the molecule is CSC1CCC(Nc2ccc(N)c3ncccc23)CC1. The number of hydrogen-bond donors (Lipinski definition) is 2. The average molecular weight is 287 g/mol. The van der Waals surface area contributed by atoms with Crippen LogP contribution in [0, 0.1) is 0 Å². The minimum atomic E-state index is 0.574. The molecule has 0 amide bonds. The highest BCUT2D eigenvalue weighted by atomic mass is 32.2. The summed E-state index contributed by atoms with van der Waals surface area (Å²) in [6.45, 7) is 0. The van der Waals surface area contributed by atoms with Crippen LogP contribution in [0.25, 0.3) is 10.9 Å². The van der Waals surface area contributed by atoms with Crippen LogP contribution in [0.15, 0.2) is 30.5 Å². The van der Waals surface area contributed by atoms with Gasteiger partial charge in [0.05, 0.1) is 11.2 Å². The minimum Gasteiger partial charge on any atom is -0.397 e. The maximum Gasteiger partial charge on any atom is 0.0951 e. The highest BCUT2D eigenvalue weighted by Crippen LogP contribution is 2.31. The second-order valence-electron chi connectivity index (χ2n) is 5.46. The van der Waals surface area contributed by atoms with E-state index in [1.54, 1.807) is 6.20 Å². The second-order valence-corrected chi connectivity index (χ2v) is 6.59. The molecule has 106 valence electrons. The molecule has 4 heteroatoms. The van der Waals surface area contributed by atoms with E-state index in [1.165, 1.54) is 25.7 Å². The van der Waals surface area contributed by atoms with Gasteiger partial charge in [-0.1, -0.05) is 0 Å². The number of pyridine rings is 1. The van der Waals surface area contributed by atoms with Gasteiger partial charge in [0.25, 0.3) is 0 Å². The van der Waals surface area contributed by atoms with Crippen molar-refractivity contribution in [2.24, 2.45) is 0 Å². The van der Waals surface area contributed by atoms with Crippen LogP contribution < -0.4 is 11.1 Å². The van der Waals surface area contributed by atoms with Crippen molar-refractivity contribution in [3.8, 4) is 0 Å². The van der Waals surface area contributed by atoms with Crippen LogP contribution in [0.4, 0.5) is 11.4 Å². The molecule has 20 heavy (non-hydrogen) atoms. The molecule has 1 aromatic carbocycles. The smallest absolute Gasteiger partial charge is 0.0951 e. The zero-order valence-corrected chi connectivity index (χ0v) is 12.6. The Morgan fingerprint density at radius 3 is 2.75 bits per heavy atom. The number of thioether (sulfide) groups is 1. The number of rotatable bonds is 3. The van der Waals surface area contributed by atoms with E-state index in [9.17, 15) is 0 Å². The molecule has 1 aliphatic carbocycles. The number of anilines is 2. The Morgan fingerprint density at radius 1 is 1.20 bits per heavy atom. The normalized spacial score (nSPS) is 22.9. The van der Waals surface area contributed by atoms with E-state index < -0.39 is 0 Å². The molecule has 2 aromatic rings. The zero-order valence-electron chi connectivity index (χ0n) is 11.8. The summed E-state index contributed by atoms with van der Waals surface area (Å²) >= 11 is 2.00. The number of fused-ring (bicyclic) bond motifs is 1. The van der Waals surface area contributed by atoms with Crippen molar-refractivity contribution < 1.29 is 0 Å². The van der Waals surface area contributed by atoms with Crippen LogP contribution in [-0.2, 0) is 0 Å². The lowest BCUT2D eigenvalue weighted by molar-refractivity contribution is 0.473. The molecule has 0 saturated heterocycles. The summed E-state index contributed by atoms with van der Waals surface area (Å²) in [5.41, 5.74) is 8.81. The van der Waals surface area contributed by atoms with Crippen LogP contribution in [0.2, 0.25) is 0 Å². The monoisotopic (exact) mass is 287 g/mol. The summed E-state index contributed by atoms with van der Waals surface area (Å²) in [7, 11) is 0. The molecule has 0 aliphatic heterocycles. The molecule has 3 N–H and O–H groups in total. The van der Waals surface area contributed by atoms with E-state index in [0.29, 0.717) is 6.04 Å². The molecule has 0 unspecified atom stereocenters. The van der Waals surface area contributed by atoms with Crippen molar-refractivity contribution in [3.63, 3.8) is 0 Å². The molecule has 1 aliphatic rings. The van der Waals surface area contributed by atoms with Gasteiger partial charge >= 0.3 is 0 Å². The predicted octanol–water partition coefficient (Wildman–Crippen LogP) is 3.90. The number of nitrogens with two attached hydrogens (primary N) is 1. The molecule has 3 rings (SSSR count). The van der Waals surface area contributed by atoms with Gasteiger partial charge in [-0.3, -0.25) is 4.98 Å². The molecule has 0 atom stereocenters. The first kappa shape index (κ1) is 13.6. The number of nitrogens with zero attached hydrogens (tertiary/aromatic N) is 1. The highest BCUT2D eigenvalue weighted by molar-refractivity contribution is 7.99. The van der Waals surface area contributed by atoms with Crippen LogP contribution in [0.5, 0.6) is 0 Å². The van der Waals surface area contributed by atoms with E-state index in [4.69, 9.17) is 5.73 Å². The third-order valence-corrected chi connectivity index (χ3v) is 5.31. The first-order chi connectivity index (χ1) is 9.78. The third-order valence-electron chi connectivity index (χ3n) is 4.17. The van der Waals surface area contributed by atoms with Gasteiger partial charge in [0, 0.05) is 28.6 Å². The second kappa shape index (κ2) is 5.92. The van der Waals surface area contributed by atoms with E-state index in [-0.39, 0.29) is 0 Å². The highest BCUT2D eigenvalue weighted by Gasteiger charge is 2.20. The van der Waals surface area contributed by atoms with Crippen molar-refractivity contribution >= 4 is 34.0 Å². The maximum atomic E-state index is 6.00. The molecule has 1 fully saturated rings. The van der Waals surface area contributed by atoms with Gasteiger partial charge in [-0.05, 0) is 56.2 Å². The van der Waals surface area contributed by atoms with Gasteiger partial charge in [-0.25, -0.2) is 0 Å². The fourth-order valence-corrected chi connectivity index (χ4v) is 3.73. The lowest BCUT2D eigenvalue weighted by Crippen LogP contribution is -2.27. The quantitative estimate of drug-likeness (QED) is 0.841. The Labute approximate surface area is 124 Å². The number of nitrogens with one attached hydrogen (secondary N) is 1. The van der Waals surface area contributed by atoms with Crippen LogP contribution in [0.1, 0.15) is 25.7 Å². The molecule has 0 bridgehead atoms. The summed E-state index contributed by atoms with van der Waals surface area (Å²) in [5, 5.41) is 5.66. The molecule has 0 radical (unpaired) electrons. The Kier molecular flexibility index (Phi) is 4.01. The fraction of sp³-hybridized carbons (Fsp3) is 0.438. The number of nitrogen functional groups attached to an aromatic ring is 1. The molecule has 1 aromatic heterocycles. The van der Waals surface area contributed by atoms with E-state index in [1.807, 2.05) is 23.9 Å². The summed E-state index contributed by atoms with van der Waals surface area (Å²) in [5.74, 6) is 0. The Morgan fingerprint density at radius 2 is 2.00 bits per heavy atom. The van der Waals surface area contributed by atoms with E-state index >= 15 is 0 Å². The Bertz CT molecular complexity index is 591. The molecule has 1 saturated carbocycles. The topological polar surface area (TPSA) is 50.9 Å². The van der Waals surface area contributed by atoms with Crippen LogP contribution in [0.3, 0.4) is 0 Å². The van der Waals surface area contributed by atoms with Gasteiger partial charge in [0.2, 0.25) is 0 Å². The van der Waals surface area contributed by atoms with Crippen molar-refractivity contribution in [1.29, 1.82) is 0 Å². The third kappa shape index (κ3) is 2.70. The number of aromatic nitrogens is 1. The molecular weight excluding hydrogens is 266 g/mol. The lowest BCUT2D eigenvalue weighted by atomic mass is 9.94. The molecule has 3 nitrogen and oxygen atoms in total. The van der Waals surface area contributed by atoms with Crippen molar-refractivity contribution in [3.05, 3.63) is 30.5 Å². The number of hydrogen-bond acceptors (Lipinski definition) is 4. The predicted molar refractivity (Wildman–Crippen MR) is 89.3 cm³/mol. The summed E-state index contributed by atoms with van der Waals surface area (Å²) in [6.07, 6.45) is 9.13. The Hall–Kier alpha value is -1.42. The van der Waals surface area contributed by atoms with Gasteiger partial charge < -0.3 is 11.1 Å². The summed E-state index contributed by atoms with van der Waals surface area (Å²) in [6, 6.07) is 8.67. The average Bonchev–Trinajstić information content (AvgIpc) is 2.51. The minimum absolute atomic E-state index is 0.574.